The van der Waals surface area contributed by atoms with Gasteiger partial charge in [0.1, 0.15) is 18.8 Å². The van der Waals surface area contributed by atoms with Crippen molar-refractivity contribution in [1.29, 1.82) is 0 Å². The third-order valence-corrected chi connectivity index (χ3v) is 12.4. The van der Waals surface area contributed by atoms with Crippen LogP contribution in [0.2, 0.25) is 5.02 Å². The highest BCUT2D eigenvalue weighted by atomic mass is 35.5. The lowest BCUT2D eigenvalue weighted by molar-refractivity contribution is -0.137. The molecule has 53 heavy (non-hydrogen) atoms. The zero-order valence-electron chi connectivity index (χ0n) is 29.0. The molecule has 2 fully saturated rings. The number of fused-ring (bicyclic) bond motifs is 2. The van der Waals surface area contributed by atoms with Crippen LogP contribution in [0, 0.1) is 0 Å². The number of ether oxygens (including phenoxy) is 1. The standard InChI is InChI=1S/C37H38ClF3N8O3S/c1-46-17-5-9-27(46)22-52-36-43-31-21-47(32-11-3-7-24-6-2-10-30(38)33(24)32)19-16-29(31)35(44-36)48-18-4-8-25(20-48)34-42-23-49(45-34)53(50,51)28-14-12-26(13-15-28)37(39,40)41/h2-3,6-7,10-15,23,25,27H,4-5,8-9,16-22H2,1H3/t25?,27-/m0/s1. The lowest BCUT2D eigenvalue weighted by atomic mass is 9.96. The number of aromatic nitrogens is 5. The van der Waals surface area contributed by atoms with Gasteiger partial charge in [0.15, 0.2) is 5.82 Å². The first-order valence-electron chi connectivity index (χ1n) is 17.7. The van der Waals surface area contributed by atoms with Gasteiger partial charge in [0, 0.05) is 48.2 Å². The van der Waals surface area contributed by atoms with E-state index >= 15 is 0 Å². The van der Waals surface area contributed by atoms with E-state index in [2.05, 4.69) is 50.0 Å². The summed E-state index contributed by atoms with van der Waals surface area (Å²) in [6, 6.07) is 16.1. The van der Waals surface area contributed by atoms with Crippen molar-refractivity contribution in [2.75, 3.05) is 49.6 Å². The topological polar surface area (TPSA) is 110 Å². The fraction of sp³-hybridized carbons (Fsp3) is 0.405. The monoisotopic (exact) mass is 766 g/mol. The van der Waals surface area contributed by atoms with Gasteiger partial charge in [0.05, 0.1) is 27.7 Å². The number of likely N-dealkylation sites (N-methyl/N-ethyl adjacent to an activating group) is 1. The second-order valence-corrected chi connectivity index (χ2v) is 16.1. The first-order chi connectivity index (χ1) is 25.5. The summed E-state index contributed by atoms with van der Waals surface area (Å²) in [6.45, 7) is 3.98. The molecule has 1 unspecified atom stereocenters. The molecule has 0 spiro atoms. The first kappa shape index (κ1) is 35.6. The largest absolute Gasteiger partial charge is 0.462 e. The van der Waals surface area contributed by atoms with Gasteiger partial charge in [-0.05, 0) is 87.5 Å². The summed E-state index contributed by atoms with van der Waals surface area (Å²) in [6.07, 6.45) is 0.890. The van der Waals surface area contributed by atoms with Crippen molar-refractivity contribution in [3.8, 4) is 6.01 Å². The molecule has 11 nitrogen and oxygen atoms in total. The van der Waals surface area contributed by atoms with Crippen molar-refractivity contribution in [2.45, 2.75) is 61.7 Å². The average molecular weight is 767 g/mol. The fourth-order valence-corrected chi connectivity index (χ4v) is 9.03. The molecule has 3 aliphatic rings. The Kier molecular flexibility index (Phi) is 9.44. The van der Waals surface area contributed by atoms with Crippen LogP contribution in [-0.2, 0) is 29.2 Å². The maximum atomic E-state index is 13.3. The molecule has 0 saturated carbocycles. The molecule has 0 amide bonds. The molecular weight excluding hydrogens is 729 g/mol. The number of alkyl halides is 3. The molecule has 278 valence electrons. The average Bonchev–Trinajstić information content (AvgIpc) is 3.83. The Morgan fingerprint density at radius 1 is 0.943 bits per heavy atom. The highest BCUT2D eigenvalue weighted by Crippen LogP contribution is 2.38. The zero-order valence-corrected chi connectivity index (χ0v) is 30.6. The molecule has 16 heteroatoms. The van der Waals surface area contributed by atoms with Gasteiger partial charge in [-0.1, -0.05) is 35.9 Å². The van der Waals surface area contributed by atoms with Crippen LogP contribution in [0.3, 0.4) is 0 Å². The summed E-state index contributed by atoms with van der Waals surface area (Å²) in [7, 11) is -2.15. The second kappa shape index (κ2) is 14.1. The summed E-state index contributed by atoms with van der Waals surface area (Å²) in [5, 5.41) is 7.09. The fourth-order valence-electron chi connectivity index (χ4n) is 7.69. The third kappa shape index (κ3) is 7.01. The van der Waals surface area contributed by atoms with Crippen LogP contribution in [0.1, 0.15) is 54.2 Å². The molecule has 2 saturated heterocycles. The Morgan fingerprint density at radius 3 is 2.47 bits per heavy atom. The number of halogens is 4. The van der Waals surface area contributed by atoms with Gasteiger partial charge in [-0.2, -0.15) is 31.6 Å². The van der Waals surface area contributed by atoms with Gasteiger partial charge >= 0.3 is 12.2 Å². The Balaban J connectivity index is 1.07. The molecular formula is C37H38ClF3N8O3S. The van der Waals surface area contributed by atoms with E-state index in [9.17, 15) is 21.6 Å². The number of piperidine rings is 1. The number of anilines is 2. The van der Waals surface area contributed by atoms with Crippen molar-refractivity contribution < 1.29 is 26.3 Å². The summed E-state index contributed by atoms with van der Waals surface area (Å²) in [5.41, 5.74) is 2.03. The van der Waals surface area contributed by atoms with Gasteiger partial charge in [-0.25, -0.2) is 4.98 Å². The minimum Gasteiger partial charge on any atom is -0.462 e. The molecule has 5 heterocycles. The van der Waals surface area contributed by atoms with Crippen molar-refractivity contribution in [1.82, 2.24) is 29.0 Å². The Labute approximate surface area is 310 Å². The van der Waals surface area contributed by atoms with Crippen molar-refractivity contribution in [3.63, 3.8) is 0 Å². The number of hydrogen-bond donors (Lipinski definition) is 0. The zero-order chi connectivity index (χ0) is 36.9. The predicted molar refractivity (Wildman–Crippen MR) is 195 cm³/mol. The van der Waals surface area contributed by atoms with E-state index in [1.54, 1.807) is 0 Å². The predicted octanol–water partition coefficient (Wildman–Crippen LogP) is 6.55. The SMILES string of the molecule is CN1CCC[C@H]1COc1nc2c(c(N3CCCC(c4ncn(S(=O)(=O)c5ccc(C(F)(F)F)cc5)n4)C3)n1)CCN(c1cccc3cccc(Cl)c13)C2. The van der Waals surface area contributed by atoms with E-state index in [0.717, 1.165) is 114 Å². The van der Waals surface area contributed by atoms with Gasteiger partial charge < -0.3 is 19.4 Å². The second-order valence-electron chi connectivity index (χ2n) is 13.9. The summed E-state index contributed by atoms with van der Waals surface area (Å²) in [4.78, 5) is 20.8. The van der Waals surface area contributed by atoms with Crippen LogP contribution in [0.4, 0.5) is 24.7 Å². The molecule has 0 radical (unpaired) electrons. The van der Waals surface area contributed by atoms with Crippen LogP contribution in [-0.4, -0.2) is 83.3 Å². The molecule has 3 aromatic carbocycles. The van der Waals surface area contributed by atoms with Crippen molar-refractivity contribution in [3.05, 3.63) is 94.7 Å². The number of nitrogens with zero attached hydrogens (tertiary/aromatic N) is 8. The lowest BCUT2D eigenvalue weighted by Crippen LogP contribution is -2.39. The van der Waals surface area contributed by atoms with Crippen molar-refractivity contribution in [2.24, 2.45) is 0 Å². The first-order valence-corrected chi connectivity index (χ1v) is 19.5. The van der Waals surface area contributed by atoms with E-state index in [1.807, 2.05) is 18.2 Å². The number of benzene rings is 3. The lowest BCUT2D eigenvalue weighted by Gasteiger charge is -2.37. The quantitative estimate of drug-likeness (QED) is 0.173. The Morgan fingerprint density at radius 2 is 1.72 bits per heavy atom. The molecule has 0 aliphatic carbocycles. The molecule has 0 bridgehead atoms. The van der Waals surface area contributed by atoms with Crippen molar-refractivity contribution >= 4 is 43.9 Å². The van der Waals surface area contributed by atoms with Crippen LogP contribution in [0.25, 0.3) is 10.8 Å². The molecule has 2 atom stereocenters. The number of hydrogen-bond acceptors (Lipinski definition) is 10. The Bertz CT molecular complexity index is 2250. The molecule has 5 aromatic rings. The van der Waals surface area contributed by atoms with E-state index in [1.165, 1.54) is 0 Å². The maximum Gasteiger partial charge on any atom is 0.416 e. The highest BCUT2D eigenvalue weighted by Gasteiger charge is 2.34. The summed E-state index contributed by atoms with van der Waals surface area (Å²) < 4.78 is 72.9. The molecule has 0 N–H and O–H groups in total. The third-order valence-electron chi connectivity index (χ3n) is 10.6. The van der Waals surface area contributed by atoms with Crippen LogP contribution in [0.5, 0.6) is 6.01 Å². The van der Waals surface area contributed by atoms with Gasteiger partial charge in [-0.3, -0.25) is 0 Å². The minimum absolute atomic E-state index is 0.215. The normalized spacial score (nSPS) is 19.9. The minimum atomic E-state index is -4.58. The van der Waals surface area contributed by atoms with E-state index in [0.29, 0.717) is 43.0 Å². The highest BCUT2D eigenvalue weighted by molar-refractivity contribution is 7.89. The van der Waals surface area contributed by atoms with Crippen LogP contribution >= 0.6 is 11.6 Å². The van der Waals surface area contributed by atoms with E-state index in [-0.39, 0.29) is 16.9 Å². The van der Waals surface area contributed by atoms with Gasteiger partial charge in [0.25, 0.3) is 10.0 Å². The molecule has 8 rings (SSSR count). The molecule has 3 aliphatic heterocycles. The maximum absolute atomic E-state index is 13.3. The summed E-state index contributed by atoms with van der Waals surface area (Å²) in [5.74, 6) is 0.919. The van der Waals surface area contributed by atoms with E-state index < -0.39 is 21.8 Å². The smallest absolute Gasteiger partial charge is 0.416 e. The van der Waals surface area contributed by atoms with E-state index in [4.69, 9.17) is 26.3 Å². The number of likely N-dealkylation sites (tertiary alicyclic amines) is 1. The van der Waals surface area contributed by atoms with Crippen LogP contribution < -0.4 is 14.5 Å². The summed E-state index contributed by atoms with van der Waals surface area (Å²) >= 11 is 6.73. The molecule has 2 aromatic heterocycles. The van der Waals surface area contributed by atoms with Gasteiger partial charge in [0.2, 0.25) is 0 Å². The number of rotatable bonds is 8. The van der Waals surface area contributed by atoms with Gasteiger partial charge in [-0.15, -0.1) is 9.19 Å². The van der Waals surface area contributed by atoms with Crippen LogP contribution in [0.15, 0.2) is 71.9 Å². The Hall–Kier alpha value is -4.47.